The molecule has 0 spiro atoms. The molecule has 1 saturated heterocycles. The molecule has 6 nitrogen and oxygen atoms in total. The lowest BCUT2D eigenvalue weighted by molar-refractivity contribution is -0.130. The highest BCUT2D eigenvalue weighted by Gasteiger charge is 2.23. The minimum atomic E-state index is -3.12. The van der Waals surface area contributed by atoms with Gasteiger partial charge in [-0.1, -0.05) is 0 Å². The highest BCUT2D eigenvalue weighted by Crippen LogP contribution is 2.10. The molecule has 1 fully saturated rings. The van der Waals surface area contributed by atoms with Crippen molar-refractivity contribution in [2.75, 3.05) is 37.4 Å². The van der Waals surface area contributed by atoms with Crippen molar-refractivity contribution in [3.63, 3.8) is 0 Å². The molecule has 1 rings (SSSR count). The molecular formula is C10H21N3O3S2. The van der Waals surface area contributed by atoms with Crippen molar-refractivity contribution < 1.29 is 13.2 Å². The van der Waals surface area contributed by atoms with E-state index in [0.29, 0.717) is 18.1 Å². The SMILES string of the molecule is CS(=O)(=O)NCCSCC(N)C(=O)N1CCCC1. The van der Waals surface area contributed by atoms with Crippen LogP contribution in [0.2, 0.25) is 0 Å². The lowest BCUT2D eigenvalue weighted by atomic mass is 10.3. The molecule has 1 aliphatic heterocycles. The number of nitrogens with one attached hydrogen (secondary N) is 1. The van der Waals surface area contributed by atoms with Gasteiger partial charge in [0.05, 0.1) is 12.3 Å². The molecule has 3 N–H and O–H groups in total. The first-order valence-corrected chi connectivity index (χ1v) is 9.01. The van der Waals surface area contributed by atoms with E-state index in [1.165, 1.54) is 11.8 Å². The van der Waals surface area contributed by atoms with Crippen molar-refractivity contribution >= 4 is 27.7 Å². The van der Waals surface area contributed by atoms with Gasteiger partial charge in [-0.05, 0) is 12.8 Å². The number of nitrogens with two attached hydrogens (primary N) is 1. The number of likely N-dealkylation sites (tertiary alicyclic amines) is 1. The van der Waals surface area contributed by atoms with Gasteiger partial charge in [0.15, 0.2) is 0 Å². The van der Waals surface area contributed by atoms with Crippen LogP contribution in [0.5, 0.6) is 0 Å². The number of sulfonamides is 1. The minimum Gasteiger partial charge on any atom is -0.341 e. The molecule has 0 radical (unpaired) electrons. The van der Waals surface area contributed by atoms with Gasteiger partial charge >= 0.3 is 0 Å². The summed E-state index contributed by atoms with van der Waals surface area (Å²) in [6.07, 6.45) is 3.24. The average molecular weight is 295 g/mol. The lowest BCUT2D eigenvalue weighted by Gasteiger charge is -2.19. The molecule has 18 heavy (non-hydrogen) atoms. The molecule has 1 heterocycles. The zero-order valence-corrected chi connectivity index (χ0v) is 12.2. The molecule has 1 atom stereocenters. The number of amides is 1. The number of carbonyl (C=O) groups excluding carboxylic acids is 1. The van der Waals surface area contributed by atoms with Gasteiger partial charge in [0.1, 0.15) is 0 Å². The fourth-order valence-electron chi connectivity index (χ4n) is 1.75. The number of hydrogen-bond donors (Lipinski definition) is 2. The summed E-state index contributed by atoms with van der Waals surface area (Å²) in [5.74, 6) is 1.16. The molecule has 1 aliphatic rings. The molecule has 106 valence electrons. The molecule has 0 saturated carbocycles. The summed E-state index contributed by atoms with van der Waals surface area (Å²) in [4.78, 5) is 13.6. The summed E-state index contributed by atoms with van der Waals surface area (Å²) in [6.45, 7) is 1.99. The molecular weight excluding hydrogens is 274 g/mol. The molecule has 1 unspecified atom stereocenters. The Labute approximate surface area is 113 Å². The van der Waals surface area contributed by atoms with Crippen LogP contribution >= 0.6 is 11.8 Å². The van der Waals surface area contributed by atoms with E-state index in [9.17, 15) is 13.2 Å². The van der Waals surface area contributed by atoms with Crippen molar-refractivity contribution in [2.45, 2.75) is 18.9 Å². The first kappa shape index (κ1) is 15.7. The van der Waals surface area contributed by atoms with Crippen LogP contribution < -0.4 is 10.5 Å². The monoisotopic (exact) mass is 295 g/mol. The Balaban J connectivity index is 2.13. The van der Waals surface area contributed by atoms with E-state index in [2.05, 4.69) is 4.72 Å². The summed E-state index contributed by atoms with van der Waals surface area (Å²) in [5.41, 5.74) is 5.81. The second-order valence-electron chi connectivity index (χ2n) is 4.38. The third-order valence-electron chi connectivity index (χ3n) is 2.64. The third-order valence-corrected chi connectivity index (χ3v) is 4.46. The average Bonchev–Trinajstić information content (AvgIpc) is 2.79. The van der Waals surface area contributed by atoms with E-state index in [1.807, 2.05) is 0 Å². The van der Waals surface area contributed by atoms with Gasteiger partial charge in [-0.25, -0.2) is 13.1 Å². The van der Waals surface area contributed by atoms with E-state index in [4.69, 9.17) is 5.73 Å². The summed E-state index contributed by atoms with van der Waals surface area (Å²) in [5, 5.41) is 0. The molecule has 8 heteroatoms. The van der Waals surface area contributed by atoms with Crippen molar-refractivity contribution in [1.82, 2.24) is 9.62 Å². The zero-order valence-electron chi connectivity index (χ0n) is 10.6. The normalized spacial score (nSPS) is 18.0. The summed E-state index contributed by atoms with van der Waals surface area (Å²) < 4.78 is 24.0. The topological polar surface area (TPSA) is 92.5 Å². The van der Waals surface area contributed by atoms with E-state index in [1.54, 1.807) is 4.90 Å². The number of hydrogen-bond acceptors (Lipinski definition) is 5. The fraction of sp³-hybridized carbons (Fsp3) is 0.900. The Morgan fingerprint density at radius 1 is 1.44 bits per heavy atom. The number of nitrogens with zero attached hydrogens (tertiary/aromatic N) is 1. The van der Waals surface area contributed by atoms with Crippen LogP contribution in [-0.2, 0) is 14.8 Å². The van der Waals surface area contributed by atoms with Crippen LogP contribution in [0.3, 0.4) is 0 Å². The number of rotatable bonds is 7. The first-order valence-electron chi connectivity index (χ1n) is 5.97. The van der Waals surface area contributed by atoms with Crippen molar-refractivity contribution in [3.05, 3.63) is 0 Å². The second-order valence-corrected chi connectivity index (χ2v) is 7.36. The Morgan fingerprint density at radius 2 is 2.06 bits per heavy atom. The smallest absolute Gasteiger partial charge is 0.240 e. The van der Waals surface area contributed by atoms with Crippen LogP contribution in [0.4, 0.5) is 0 Å². The Kier molecular flexibility index (Phi) is 6.40. The van der Waals surface area contributed by atoms with Gasteiger partial charge < -0.3 is 10.6 Å². The van der Waals surface area contributed by atoms with E-state index < -0.39 is 16.1 Å². The van der Waals surface area contributed by atoms with Gasteiger partial charge in [-0.3, -0.25) is 4.79 Å². The van der Waals surface area contributed by atoms with E-state index >= 15 is 0 Å². The second kappa shape index (κ2) is 7.32. The Morgan fingerprint density at radius 3 is 2.61 bits per heavy atom. The van der Waals surface area contributed by atoms with E-state index in [0.717, 1.165) is 32.2 Å². The van der Waals surface area contributed by atoms with Crippen molar-refractivity contribution in [1.29, 1.82) is 0 Å². The van der Waals surface area contributed by atoms with Gasteiger partial charge in [-0.15, -0.1) is 0 Å². The number of carbonyl (C=O) groups is 1. The molecule has 0 aromatic rings. The third kappa shape index (κ3) is 6.03. The van der Waals surface area contributed by atoms with Crippen LogP contribution in [0.15, 0.2) is 0 Å². The lowest BCUT2D eigenvalue weighted by Crippen LogP contribution is -2.44. The van der Waals surface area contributed by atoms with Crippen LogP contribution in [0.1, 0.15) is 12.8 Å². The van der Waals surface area contributed by atoms with Gasteiger partial charge in [0, 0.05) is 31.1 Å². The zero-order chi connectivity index (χ0) is 13.6. The largest absolute Gasteiger partial charge is 0.341 e. The van der Waals surface area contributed by atoms with E-state index in [-0.39, 0.29) is 5.91 Å². The Bertz CT molecular complexity index is 367. The predicted octanol–water partition coefficient (Wildman–Crippen LogP) is -0.781. The molecule has 0 bridgehead atoms. The standard InChI is InChI=1S/C10H21N3O3S2/c1-18(15,16)12-4-7-17-8-9(11)10(14)13-5-2-3-6-13/h9,12H,2-8,11H2,1H3. The first-order chi connectivity index (χ1) is 8.40. The molecule has 0 aromatic carbocycles. The summed E-state index contributed by atoms with van der Waals surface area (Å²) in [6, 6.07) is -0.480. The maximum absolute atomic E-state index is 11.8. The molecule has 1 amide bonds. The Hall–Kier alpha value is -0.310. The fourth-order valence-corrected chi connectivity index (χ4v) is 3.16. The van der Waals surface area contributed by atoms with Crippen molar-refractivity contribution in [3.8, 4) is 0 Å². The van der Waals surface area contributed by atoms with Crippen LogP contribution in [0, 0.1) is 0 Å². The van der Waals surface area contributed by atoms with Gasteiger partial charge in [0.2, 0.25) is 15.9 Å². The quantitative estimate of drug-likeness (QED) is 0.601. The highest BCUT2D eigenvalue weighted by molar-refractivity contribution is 7.99. The molecule has 0 aromatic heterocycles. The van der Waals surface area contributed by atoms with Crippen molar-refractivity contribution in [2.24, 2.45) is 5.73 Å². The number of thioether (sulfide) groups is 1. The maximum Gasteiger partial charge on any atom is 0.240 e. The highest BCUT2D eigenvalue weighted by atomic mass is 32.2. The summed E-state index contributed by atoms with van der Waals surface area (Å²) >= 11 is 1.49. The van der Waals surface area contributed by atoms with Gasteiger partial charge in [0.25, 0.3) is 0 Å². The van der Waals surface area contributed by atoms with Gasteiger partial charge in [-0.2, -0.15) is 11.8 Å². The summed E-state index contributed by atoms with van der Waals surface area (Å²) in [7, 11) is -3.12. The van der Waals surface area contributed by atoms with Crippen LogP contribution in [0.25, 0.3) is 0 Å². The minimum absolute atomic E-state index is 0.0103. The predicted molar refractivity (Wildman–Crippen MR) is 74.0 cm³/mol. The maximum atomic E-state index is 11.8. The molecule has 0 aliphatic carbocycles. The van der Waals surface area contributed by atoms with Crippen LogP contribution in [-0.4, -0.2) is 62.7 Å².